The number of benzene rings is 1. The van der Waals surface area contributed by atoms with Crippen LogP contribution in [-0.4, -0.2) is 32.8 Å². The van der Waals surface area contributed by atoms with Crippen LogP contribution in [-0.2, 0) is 19.4 Å². The predicted molar refractivity (Wildman–Crippen MR) is 84.3 cm³/mol. The lowest BCUT2D eigenvalue weighted by atomic mass is 10.0. The molecule has 0 atom stereocenters. The number of ether oxygens (including phenoxy) is 1. The van der Waals surface area contributed by atoms with Gasteiger partial charge >= 0.3 is 0 Å². The Bertz CT molecular complexity index is 751. The van der Waals surface area contributed by atoms with Crippen LogP contribution in [0.4, 0.5) is 0 Å². The Morgan fingerprint density at radius 3 is 2.27 bits per heavy atom. The maximum absolute atomic E-state index is 12.4. The van der Waals surface area contributed by atoms with E-state index in [9.17, 15) is 18.0 Å². The summed E-state index contributed by atoms with van der Waals surface area (Å²) in [4.78, 5) is 23.7. The minimum Gasteiger partial charge on any atom is -0.501 e. The molecule has 0 saturated carbocycles. The quantitative estimate of drug-likeness (QED) is 0.255. The molecule has 22 heavy (non-hydrogen) atoms. The molecule has 0 aliphatic rings. The van der Waals surface area contributed by atoms with Crippen LogP contribution in [0.3, 0.4) is 0 Å². The number of hydrogen-bond donors (Lipinski definition) is 0. The van der Waals surface area contributed by atoms with Gasteiger partial charge in [-0.2, -0.15) is 0 Å². The average molecular weight is 365 g/mol. The molecule has 0 fully saturated rings. The first kappa shape index (κ1) is 18.7. The molecule has 0 aliphatic carbocycles. The minimum absolute atomic E-state index is 0.0692. The largest absolute Gasteiger partial charge is 0.501 e. The molecule has 1 aromatic carbocycles. The molecule has 0 bridgehead atoms. The number of ketones is 2. The summed E-state index contributed by atoms with van der Waals surface area (Å²) in [5, 5.41) is -0.479. The zero-order valence-corrected chi connectivity index (χ0v) is 14.5. The number of sulfone groups is 1. The van der Waals surface area contributed by atoms with Gasteiger partial charge in [0.2, 0.25) is 5.78 Å². The summed E-state index contributed by atoms with van der Waals surface area (Å²) in [5.41, 5.74) is -0.271. The van der Waals surface area contributed by atoms with Crippen LogP contribution in [0.5, 0.6) is 0 Å². The Balaban J connectivity index is 3.42. The summed E-state index contributed by atoms with van der Waals surface area (Å²) in [5.74, 6) is -1.19. The van der Waals surface area contributed by atoms with E-state index in [1.165, 1.54) is 19.1 Å². The average Bonchev–Trinajstić information content (AvgIpc) is 2.40. The topological polar surface area (TPSA) is 77.5 Å². The molecule has 5 nitrogen and oxygen atoms in total. The normalized spacial score (nSPS) is 12.1. The van der Waals surface area contributed by atoms with Gasteiger partial charge in [-0.1, -0.05) is 23.2 Å². The Morgan fingerprint density at radius 2 is 1.82 bits per heavy atom. The van der Waals surface area contributed by atoms with Crippen molar-refractivity contribution in [1.82, 2.24) is 0 Å². The molecule has 1 rings (SSSR count). The van der Waals surface area contributed by atoms with Gasteiger partial charge in [0.25, 0.3) is 0 Å². The van der Waals surface area contributed by atoms with Crippen LogP contribution in [0.15, 0.2) is 28.9 Å². The molecular formula is C14H14Cl2O5S. The summed E-state index contributed by atoms with van der Waals surface area (Å²) in [6.45, 7) is 3.19. The molecule has 120 valence electrons. The smallest absolute Gasteiger partial charge is 0.201 e. The second kappa shape index (κ2) is 7.26. The second-order valence-electron chi connectivity index (χ2n) is 4.38. The molecule has 0 aliphatic heterocycles. The van der Waals surface area contributed by atoms with E-state index in [2.05, 4.69) is 0 Å². The number of rotatable bonds is 6. The summed E-state index contributed by atoms with van der Waals surface area (Å²) in [7, 11) is -3.58. The van der Waals surface area contributed by atoms with Gasteiger partial charge in [-0.3, -0.25) is 9.59 Å². The fraction of sp³-hybridized carbons (Fsp3) is 0.286. The van der Waals surface area contributed by atoms with Crippen LogP contribution in [0.2, 0.25) is 10.0 Å². The molecule has 0 unspecified atom stereocenters. The van der Waals surface area contributed by atoms with Crippen molar-refractivity contribution in [1.29, 1.82) is 0 Å². The zero-order chi connectivity index (χ0) is 17.1. The van der Waals surface area contributed by atoms with Crippen molar-refractivity contribution in [3.8, 4) is 0 Å². The van der Waals surface area contributed by atoms with Crippen molar-refractivity contribution < 1.29 is 22.7 Å². The minimum atomic E-state index is -3.58. The first-order chi connectivity index (χ1) is 10.1. The third-order valence-corrected chi connectivity index (χ3v) is 4.82. The monoisotopic (exact) mass is 364 g/mol. The van der Waals surface area contributed by atoms with Crippen LogP contribution in [0.1, 0.15) is 24.2 Å². The van der Waals surface area contributed by atoms with E-state index in [-0.39, 0.29) is 32.7 Å². The number of Topliss-reactive ketones (excluding diaryl/α,β-unsaturated/α-hetero) is 2. The highest BCUT2D eigenvalue weighted by atomic mass is 35.5. The van der Waals surface area contributed by atoms with E-state index < -0.39 is 21.4 Å². The van der Waals surface area contributed by atoms with Crippen LogP contribution in [0.25, 0.3) is 0 Å². The SMILES string of the molecule is CCO/C=C(/C(C)=O)C(=O)c1ccc(S(C)(=O)=O)c(Cl)c1Cl. The van der Waals surface area contributed by atoms with Gasteiger partial charge in [-0.25, -0.2) is 8.42 Å². The second-order valence-corrected chi connectivity index (χ2v) is 7.12. The van der Waals surface area contributed by atoms with Gasteiger partial charge in [0.15, 0.2) is 15.6 Å². The van der Waals surface area contributed by atoms with Gasteiger partial charge in [0.05, 0.1) is 33.4 Å². The summed E-state index contributed by atoms with van der Waals surface area (Å²) >= 11 is 11.9. The van der Waals surface area contributed by atoms with Gasteiger partial charge in [0.1, 0.15) is 0 Å². The van der Waals surface area contributed by atoms with Crippen molar-refractivity contribution in [2.75, 3.05) is 12.9 Å². The number of allylic oxidation sites excluding steroid dienone is 1. The fourth-order valence-corrected chi connectivity index (χ4v) is 3.24. The molecule has 8 heteroatoms. The number of halogens is 2. The Labute approximate surface area is 138 Å². The maximum Gasteiger partial charge on any atom is 0.201 e. The maximum atomic E-state index is 12.4. The molecule has 0 N–H and O–H groups in total. The molecule has 0 amide bonds. The van der Waals surface area contributed by atoms with Gasteiger partial charge in [-0.05, 0) is 26.0 Å². The number of carbonyl (C=O) groups is 2. The van der Waals surface area contributed by atoms with Crippen molar-refractivity contribution >= 4 is 44.6 Å². The van der Waals surface area contributed by atoms with E-state index in [1.54, 1.807) is 6.92 Å². The lowest BCUT2D eigenvalue weighted by Gasteiger charge is -2.09. The van der Waals surface area contributed by atoms with Gasteiger partial charge in [-0.15, -0.1) is 0 Å². The van der Waals surface area contributed by atoms with Crippen LogP contribution in [0, 0.1) is 0 Å². The van der Waals surface area contributed by atoms with E-state index in [4.69, 9.17) is 27.9 Å². The molecule has 0 aromatic heterocycles. The summed E-state index contributed by atoms with van der Waals surface area (Å²) in [6.07, 6.45) is 2.03. The van der Waals surface area contributed by atoms with Crippen molar-refractivity contribution in [2.24, 2.45) is 0 Å². The van der Waals surface area contributed by atoms with E-state index in [0.29, 0.717) is 0 Å². The number of hydrogen-bond acceptors (Lipinski definition) is 5. The van der Waals surface area contributed by atoms with E-state index in [0.717, 1.165) is 12.5 Å². The molecule has 0 radical (unpaired) electrons. The highest BCUT2D eigenvalue weighted by Crippen LogP contribution is 2.33. The van der Waals surface area contributed by atoms with Gasteiger partial charge < -0.3 is 4.74 Å². The standard InChI is InChI=1S/C14H14Cl2O5S/c1-4-21-7-10(8(2)17)14(18)9-5-6-11(22(3,19)20)13(16)12(9)15/h5-7H,4H2,1-3H3/b10-7-. The van der Waals surface area contributed by atoms with Crippen LogP contribution < -0.4 is 0 Å². The molecule has 0 spiro atoms. The van der Waals surface area contributed by atoms with Gasteiger partial charge in [0, 0.05) is 11.8 Å². The zero-order valence-electron chi connectivity index (χ0n) is 12.1. The lowest BCUT2D eigenvalue weighted by molar-refractivity contribution is -0.113. The van der Waals surface area contributed by atoms with Crippen molar-refractivity contribution in [2.45, 2.75) is 18.7 Å². The Hall–Kier alpha value is -1.37. The third kappa shape index (κ3) is 4.09. The molecule has 0 saturated heterocycles. The van der Waals surface area contributed by atoms with Crippen molar-refractivity contribution in [3.05, 3.63) is 39.6 Å². The summed E-state index contributed by atoms with van der Waals surface area (Å²) < 4.78 is 28.1. The highest BCUT2D eigenvalue weighted by Gasteiger charge is 2.24. The lowest BCUT2D eigenvalue weighted by Crippen LogP contribution is -2.12. The van der Waals surface area contributed by atoms with Crippen molar-refractivity contribution in [3.63, 3.8) is 0 Å². The van der Waals surface area contributed by atoms with E-state index in [1.807, 2.05) is 0 Å². The molecule has 1 aromatic rings. The fourth-order valence-electron chi connectivity index (χ4n) is 1.60. The Morgan fingerprint density at radius 1 is 1.23 bits per heavy atom. The van der Waals surface area contributed by atoms with Crippen LogP contribution >= 0.6 is 23.2 Å². The summed E-state index contributed by atoms with van der Waals surface area (Å²) in [6, 6.07) is 2.39. The molecule has 0 heterocycles. The highest BCUT2D eigenvalue weighted by molar-refractivity contribution is 7.90. The van der Waals surface area contributed by atoms with E-state index >= 15 is 0 Å². The number of carbonyl (C=O) groups excluding carboxylic acids is 2. The first-order valence-corrected chi connectivity index (χ1v) is 8.81. The Kier molecular flexibility index (Phi) is 6.17. The third-order valence-electron chi connectivity index (χ3n) is 2.68. The predicted octanol–water partition coefficient (Wildman–Crippen LogP) is 3.09. The first-order valence-electron chi connectivity index (χ1n) is 6.16. The molecular weight excluding hydrogens is 351 g/mol.